The molecule has 0 bridgehead atoms. The third kappa shape index (κ3) is 2.37. The number of nitrogens with one attached hydrogen (secondary N) is 1. The predicted octanol–water partition coefficient (Wildman–Crippen LogP) is 0.668. The molecule has 1 aliphatic carbocycles. The van der Waals surface area contributed by atoms with Gasteiger partial charge in [0.25, 0.3) is 5.91 Å². The first-order valence-electron chi connectivity index (χ1n) is 7.04. The Hall–Kier alpha value is -1.98. The highest BCUT2D eigenvalue weighted by atomic mass is 16.2. The van der Waals surface area contributed by atoms with Gasteiger partial charge in [-0.1, -0.05) is 12.8 Å². The summed E-state index contributed by atoms with van der Waals surface area (Å²) >= 11 is 0. The van der Waals surface area contributed by atoms with Crippen LogP contribution >= 0.6 is 0 Å². The van der Waals surface area contributed by atoms with E-state index in [-0.39, 0.29) is 30.4 Å². The van der Waals surface area contributed by atoms with Gasteiger partial charge in [-0.05, 0) is 19.8 Å². The Morgan fingerprint density at radius 1 is 1.30 bits per heavy atom. The smallest absolute Gasteiger partial charge is 0.274 e. The van der Waals surface area contributed by atoms with Crippen LogP contribution in [0.15, 0.2) is 12.4 Å². The lowest BCUT2D eigenvalue weighted by Gasteiger charge is -2.43. The molecule has 2 aliphatic rings. The molecular weight excluding hydrogens is 256 g/mol. The Kier molecular flexibility index (Phi) is 3.38. The molecule has 0 radical (unpaired) electrons. The largest absolute Gasteiger partial charge is 0.350 e. The van der Waals surface area contributed by atoms with E-state index in [0.29, 0.717) is 5.69 Å². The molecule has 1 saturated carbocycles. The lowest BCUT2D eigenvalue weighted by molar-refractivity contribution is -0.127. The fraction of sp³-hybridized carbons (Fsp3) is 0.571. The van der Waals surface area contributed by atoms with Crippen LogP contribution in [0.5, 0.6) is 0 Å². The van der Waals surface area contributed by atoms with E-state index in [4.69, 9.17) is 0 Å². The minimum atomic E-state index is -0.191. The van der Waals surface area contributed by atoms with Gasteiger partial charge in [-0.15, -0.1) is 0 Å². The maximum Gasteiger partial charge on any atom is 0.274 e. The van der Waals surface area contributed by atoms with Gasteiger partial charge in [-0.25, -0.2) is 4.98 Å². The molecule has 106 valence electrons. The van der Waals surface area contributed by atoms with E-state index in [9.17, 15) is 9.59 Å². The van der Waals surface area contributed by atoms with Crippen LogP contribution in [0.1, 0.15) is 41.9 Å². The normalized spacial score (nSPS) is 25.9. The van der Waals surface area contributed by atoms with Crippen molar-refractivity contribution in [3.63, 3.8) is 0 Å². The zero-order chi connectivity index (χ0) is 14.1. The highest BCUT2D eigenvalue weighted by molar-refractivity contribution is 5.95. The van der Waals surface area contributed by atoms with Crippen LogP contribution in [0.25, 0.3) is 0 Å². The average molecular weight is 274 g/mol. The van der Waals surface area contributed by atoms with E-state index < -0.39 is 0 Å². The second-order valence-electron chi connectivity index (χ2n) is 5.50. The van der Waals surface area contributed by atoms with Crippen molar-refractivity contribution in [1.29, 1.82) is 0 Å². The summed E-state index contributed by atoms with van der Waals surface area (Å²) in [5.41, 5.74) is 1.09. The fourth-order valence-corrected chi connectivity index (χ4v) is 3.05. The SMILES string of the molecule is Cc1cnc(C(=O)N2CC(=O)NC3CCCCC32)cn1. The van der Waals surface area contributed by atoms with E-state index >= 15 is 0 Å². The molecule has 0 aromatic carbocycles. The predicted molar refractivity (Wildman–Crippen MR) is 72.0 cm³/mol. The van der Waals surface area contributed by atoms with Crippen LogP contribution in [0.3, 0.4) is 0 Å². The third-order valence-electron chi connectivity index (χ3n) is 4.05. The van der Waals surface area contributed by atoms with E-state index in [2.05, 4.69) is 15.3 Å². The van der Waals surface area contributed by atoms with Gasteiger partial charge < -0.3 is 10.2 Å². The quantitative estimate of drug-likeness (QED) is 0.816. The van der Waals surface area contributed by atoms with Crippen LogP contribution in [-0.4, -0.2) is 45.3 Å². The van der Waals surface area contributed by atoms with Gasteiger partial charge in [-0.3, -0.25) is 14.6 Å². The summed E-state index contributed by atoms with van der Waals surface area (Å²) in [5, 5.41) is 2.99. The Morgan fingerprint density at radius 3 is 2.85 bits per heavy atom. The van der Waals surface area contributed by atoms with E-state index in [1.54, 1.807) is 11.1 Å². The van der Waals surface area contributed by atoms with Gasteiger partial charge in [0, 0.05) is 12.2 Å². The van der Waals surface area contributed by atoms with E-state index in [1.165, 1.54) is 6.20 Å². The molecule has 0 spiro atoms. The molecule has 20 heavy (non-hydrogen) atoms. The van der Waals surface area contributed by atoms with Gasteiger partial charge in [0.15, 0.2) is 0 Å². The highest BCUT2D eigenvalue weighted by Crippen LogP contribution is 2.26. The van der Waals surface area contributed by atoms with Crippen LogP contribution in [0.4, 0.5) is 0 Å². The third-order valence-corrected chi connectivity index (χ3v) is 4.05. The molecule has 6 heteroatoms. The van der Waals surface area contributed by atoms with Crippen LogP contribution in [0.2, 0.25) is 0 Å². The summed E-state index contributed by atoms with van der Waals surface area (Å²) in [6.45, 7) is 1.95. The molecule has 2 heterocycles. The topological polar surface area (TPSA) is 75.2 Å². The standard InChI is InChI=1S/C14H18N4O2/c1-9-6-16-11(7-15-9)14(20)18-8-13(19)17-10-4-2-3-5-12(10)18/h6-7,10,12H,2-5,8H2,1H3,(H,17,19). The number of rotatable bonds is 1. The molecule has 2 unspecified atom stereocenters. The molecule has 1 N–H and O–H groups in total. The molecule has 1 saturated heterocycles. The van der Waals surface area contributed by atoms with Crippen LogP contribution in [0, 0.1) is 6.92 Å². The monoisotopic (exact) mass is 274 g/mol. The number of aromatic nitrogens is 2. The number of aryl methyl sites for hydroxylation is 1. The molecule has 6 nitrogen and oxygen atoms in total. The van der Waals surface area contributed by atoms with E-state index in [1.807, 2.05) is 6.92 Å². The first kappa shape index (κ1) is 13.0. The van der Waals surface area contributed by atoms with Gasteiger partial charge in [0.2, 0.25) is 5.91 Å². The number of hydrogen-bond donors (Lipinski definition) is 1. The molecule has 1 aromatic rings. The molecule has 2 amide bonds. The minimum Gasteiger partial charge on any atom is -0.350 e. The van der Waals surface area contributed by atoms with Crippen molar-refractivity contribution in [3.8, 4) is 0 Å². The van der Waals surface area contributed by atoms with Gasteiger partial charge in [0.05, 0.1) is 17.9 Å². The Morgan fingerprint density at radius 2 is 2.10 bits per heavy atom. The lowest BCUT2D eigenvalue weighted by atomic mass is 9.87. The van der Waals surface area contributed by atoms with Crippen molar-refractivity contribution >= 4 is 11.8 Å². The molecule has 3 rings (SSSR count). The summed E-state index contributed by atoms with van der Waals surface area (Å²) in [6, 6.07) is 0.185. The van der Waals surface area contributed by atoms with Gasteiger partial charge in [-0.2, -0.15) is 0 Å². The molecule has 2 fully saturated rings. The first-order valence-corrected chi connectivity index (χ1v) is 7.04. The average Bonchev–Trinajstić information content (AvgIpc) is 2.46. The first-order chi connectivity index (χ1) is 9.65. The maximum absolute atomic E-state index is 12.6. The number of hydrogen-bond acceptors (Lipinski definition) is 4. The van der Waals surface area contributed by atoms with Crippen molar-refractivity contribution in [2.45, 2.75) is 44.7 Å². The molecule has 1 aliphatic heterocycles. The summed E-state index contributed by atoms with van der Waals surface area (Å²) in [4.78, 5) is 34.2. The zero-order valence-electron chi connectivity index (χ0n) is 11.5. The molecule has 2 atom stereocenters. The summed E-state index contributed by atoms with van der Waals surface area (Å²) in [5.74, 6) is -0.272. The number of carbonyl (C=O) groups excluding carboxylic acids is 2. The van der Waals surface area contributed by atoms with Crippen molar-refractivity contribution in [1.82, 2.24) is 20.2 Å². The van der Waals surface area contributed by atoms with Crippen molar-refractivity contribution in [2.75, 3.05) is 6.54 Å². The second-order valence-corrected chi connectivity index (χ2v) is 5.50. The Labute approximate surface area is 117 Å². The summed E-state index contributed by atoms with van der Waals surface area (Å²) in [6.07, 6.45) is 7.15. The second kappa shape index (κ2) is 5.19. The van der Waals surface area contributed by atoms with Gasteiger partial charge in [0.1, 0.15) is 12.2 Å². The molecular formula is C14H18N4O2. The summed E-state index contributed by atoms with van der Waals surface area (Å²) < 4.78 is 0. The lowest BCUT2D eigenvalue weighted by Crippen LogP contribution is -2.63. The van der Waals surface area contributed by atoms with Crippen molar-refractivity contribution < 1.29 is 9.59 Å². The highest BCUT2D eigenvalue weighted by Gasteiger charge is 2.39. The minimum absolute atomic E-state index is 0.0819. The maximum atomic E-state index is 12.6. The summed E-state index contributed by atoms with van der Waals surface area (Å²) in [7, 11) is 0. The number of fused-ring (bicyclic) bond motifs is 1. The van der Waals surface area contributed by atoms with Crippen LogP contribution < -0.4 is 5.32 Å². The van der Waals surface area contributed by atoms with Crippen molar-refractivity contribution in [3.05, 3.63) is 23.8 Å². The fourth-order valence-electron chi connectivity index (χ4n) is 3.05. The van der Waals surface area contributed by atoms with E-state index in [0.717, 1.165) is 31.4 Å². The zero-order valence-corrected chi connectivity index (χ0v) is 11.5. The number of amides is 2. The Balaban J connectivity index is 1.84. The number of nitrogens with zero attached hydrogens (tertiary/aromatic N) is 3. The Bertz CT molecular complexity index is 528. The number of piperazine rings is 1. The van der Waals surface area contributed by atoms with Gasteiger partial charge >= 0.3 is 0 Å². The van der Waals surface area contributed by atoms with Crippen molar-refractivity contribution in [2.24, 2.45) is 0 Å². The van der Waals surface area contributed by atoms with Crippen LogP contribution in [-0.2, 0) is 4.79 Å². The number of carbonyl (C=O) groups is 2. The molecule has 1 aromatic heterocycles.